The highest BCUT2D eigenvalue weighted by atomic mass is 35.5. The fraction of sp³-hybridized carbons (Fsp3) is 0.211. The first-order chi connectivity index (χ1) is 14.5. The summed E-state index contributed by atoms with van der Waals surface area (Å²) in [5.74, 6) is 0.352. The SMILES string of the molecule is Cn1c(CNC(=O)c2cc(Cl)c(N)c3c2OCCO3)nc(-c2ccncn2)cc1=O. The number of amides is 1. The molecule has 2 aromatic heterocycles. The third kappa shape index (κ3) is 3.64. The van der Waals surface area contributed by atoms with Crippen LogP contribution in [0, 0.1) is 0 Å². The molecule has 0 radical (unpaired) electrons. The molecule has 0 atom stereocenters. The van der Waals surface area contributed by atoms with Crippen molar-refractivity contribution >= 4 is 23.2 Å². The van der Waals surface area contributed by atoms with Crippen LogP contribution in [0.4, 0.5) is 5.69 Å². The van der Waals surface area contributed by atoms with Gasteiger partial charge in [-0.3, -0.25) is 14.2 Å². The zero-order valence-electron chi connectivity index (χ0n) is 15.9. The molecule has 0 saturated heterocycles. The molecule has 0 bridgehead atoms. The monoisotopic (exact) mass is 428 g/mol. The van der Waals surface area contributed by atoms with E-state index in [1.54, 1.807) is 19.3 Å². The second-order valence-electron chi connectivity index (χ2n) is 6.41. The first-order valence-electron chi connectivity index (χ1n) is 8.95. The molecular weight excluding hydrogens is 412 g/mol. The van der Waals surface area contributed by atoms with Gasteiger partial charge in [-0.15, -0.1) is 0 Å². The smallest absolute Gasteiger partial charge is 0.255 e. The second kappa shape index (κ2) is 7.99. The molecule has 4 rings (SSSR count). The van der Waals surface area contributed by atoms with Crippen molar-refractivity contribution in [2.45, 2.75) is 6.54 Å². The van der Waals surface area contributed by atoms with Gasteiger partial charge in [-0.05, 0) is 12.1 Å². The maximum Gasteiger partial charge on any atom is 0.255 e. The molecule has 3 N–H and O–H groups in total. The van der Waals surface area contributed by atoms with Gasteiger partial charge in [0.25, 0.3) is 11.5 Å². The Labute approximate surface area is 175 Å². The maximum absolute atomic E-state index is 12.8. The normalized spacial score (nSPS) is 12.5. The van der Waals surface area contributed by atoms with Gasteiger partial charge in [0.05, 0.1) is 34.2 Å². The number of anilines is 1. The van der Waals surface area contributed by atoms with Gasteiger partial charge in [0.1, 0.15) is 25.4 Å². The Morgan fingerprint density at radius 2 is 2.03 bits per heavy atom. The molecule has 0 aliphatic carbocycles. The Bertz CT molecular complexity index is 1180. The fourth-order valence-electron chi connectivity index (χ4n) is 2.94. The average molecular weight is 429 g/mol. The Balaban J connectivity index is 1.62. The van der Waals surface area contributed by atoms with Gasteiger partial charge in [-0.1, -0.05) is 11.6 Å². The average Bonchev–Trinajstić information content (AvgIpc) is 2.77. The van der Waals surface area contributed by atoms with Gasteiger partial charge >= 0.3 is 0 Å². The van der Waals surface area contributed by atoms with Crippen LogP contribution in [-0.4, -0.2) is 38.6 Å². The molecule has 0 saturated carbocycles. The van der Waals surface area contributed by atoms with Crippen molar-refractivity contribution < 1.29 is 14.3 Å². The number of hydrogen-bond acceptors (Lipinski definition) is 8. The summed E-state index contributed by atoms with van der Waals surface area (Å²) in [6.45, 7) is 0.576. The summed E-state index contributed by atoms with van der Waals surface area (Å²) in [6.07, 6.45) is 2.92. The molecular formula is C19H17ClN6O4. The summed E-state index contributed by atoms with van der Waals surface area (Å²) in [4.78, 5) is 37.5. The van der Waals surface area contributed by atoms with Gasteiger partial charge in [0, 0.05) is 19.3 Å². The molecule has 11 heteroatoms. The summed E-state index contributed by atoms with van der Waals surface area (Å²) in [7, 11) is 1.57. The highest BCUT2D eigenvalue weighted by molar-refractivity contribution is 6.34. The van der Waals surface area contributed by atoms with Crippen molar-refractivity contribution in [3.8, 4) is 22.9 Å². The third-order valence-corrected chi connectivity index (χ3v) is 4.84. The van der Waals surface area contributed by atoms with Crippen molar-refractivity contribution in [1.82, 2.24) is 24.8 Å². The van der Waals surface area contributed by atoms with E-state index in [-0.39, 0.29) is 46.5 Å². The zero-order valence-corrected chi connectivity index (χ0v) is 16.6. The van der Waals surface area contributed by atoms with Crippen LogP contribution in [-0.2, 0) is 13.6 Å². The Kier molecular flexibility index (Phi) is 5.23. The Morgan fingerprint density at radius 1 is 1.27 bits per heavy atom. The summed E-state index contributed by atoms with van der Waals surface area (Å²) in [6, 6.07) is 4.43. The van der Waals surface area contributed by atoms with Crippen LogP contribution >= 0.6 is 11.6 Å². The number of nitrogens with one attached hydrogen (secondary N) is 1. The van der Waals surface area contributed by atoms with Gasteiger partial charge in [-0.25, -0.2) is 15.0 Å². The standard InChI is InChI=1S/C19H17ClN6O4/c1-26-14(25-13(7-15(26)27)12-2-3-22-9-24-12)8-23-19(28)10-6-11(20)16(21)18-17(10)29-4-5-30-18/h2-3,6-7,9H,4-5,8,21H2,1H3,(H,23,28). The second-order valence-corrected chi connectivity index (χ2v) is 6.81. The van der Waals surface area contributed by atoms with Gasteiger partial charge < -0.3 is 20.5 Å². The maximum atomic E-state index is 12.8. The van der Waals surface area contributed by atoms with Crippen molar-refractivity contribution in [2.24, 2.45) is 7.05 Å². The molecule has 1 aliphatic rings. The minimum Gasteiger partial charge on any atom is -0.485 e. The van der Waals surface area contributed by atoms with Crippen molar-refractivity contribution in [2.75, 3.05) is 18.9 Å². The number of hydrogen-bond donors (Lipinski definition) is 2. The number of nitrogens with zero attached hydrogens (tertiary/aromatic N) is 4. The lowest BCUT2D eigenvalue weighted by Gasteiger charge is -2.23. The van der Waals surface area contributed by atoms with E-state index >= 15 is 0 Å². The molecule has 3 aromatic rings. The highest BCUT2D eigenvalue weighted by Crippen LogP contribution is 2.43. The lowest BCUT2D eigenvalue weighted by atomic mass is 10.1. The molecule has 1 amide bonds. The number of benzene rings is 1. The van der Waals surface area contributed by atoms with E-state index in [9.17, 15) is 9.59 Å². The van der Waals surface area contributed by atoms with E-state index in [4.69, 9.17) is 26.8 Å². The largest absolute Gasteiger partial charge is 0.485 e. The molecule has 0 fully saturated rings. The summed E-state index contributed by atoms with van der Waals surface area (Å²) < 4.78 is 12.4. The number of aromatic nitrogens is 4. The number of ether oxygens (including phenoxy) is 2. The predicted octanol–water partition coefficient (Wildman–Crippen LogP) is 1.17. The number of rotatable bonds is 4. The number of halogens is 1. The molecule has 3 heterocycles. The van der Waals surface area contributed by atoms with E-state index in [2.05, 4.69) is 20.3 Å². The highest BCUT2D eigenvalue weighted by Gasteiger charge is 2.25. The molecule has 30 heavy (non-hydrogen) atoms. The first kappa shape index (κ1) is 19.6. The Morgan fingerprint density at radius 3 is 2.77 bits per heavy atom. The molecule has 1 aromatic carbocycles. The number of nitrogen functional groups attached to an aromatic ring is 1. The Hall–Kier alpha value is -3.66. The first-order valence-corrected chi connectivity index (χ1v) is 9.32. The van der Waals surface area contributed by atoms with Gasteiger partial charge in [-0.2, -0.15) is 0 Å². The van der Waals surface area contributed by atoms with Crippen LogP contribution in [0.5, 0.6) is 11.5 Å². The molecule has 0 spiro atoms. The van der Waals surface area contributed by atoms with Crippen LogP contribution in [0.1, 0.15) is 16.2 Å². The van der Waals surface area contributed by atoms with Gasteiger partial charge in [0.2, 0.25) is 0 Å². The summed E-state index contributed by atoms with van der Waals surface area (Å²) in [5.41, 5.74) is 6.91. The third-order valence-electron chi connectivity index (χ3n) is 4.52. The molecule has 0 unspecified atom stereocenters. The molecule has 1 aliphatic heterocycles. The van der Waals surface area contributed by atoms with Gasteiger partial charge in [0.15, 0.2) is 11.5 Å². The van der Waals surface area contributed by atoms with E-state index < -0.39 is 5.91 Å². The van der Waals surface area contributed by atoms with Crippen LogP contribution in [0.2, 0.25) is 5.02 Å². The zero-order chi connectivity index (χ0) is 21.3. The fourth-order valence-corrected chi connectivity index (χ4v) is 3.13. The number of nitrogens with two attached hydrogens (primary N) is 1. The van der Waals surface area contributed by atoms with Crippen molar-refractivity contribution in [1.29, 1.82) is 0 Å². The van der Waals surface area contributed by atoms with Crippen molar-refractivity contribution in [3.63, 3.8) is 0 Å². The van der Waals surface area contributed by atoms with Crippen LogP contribution in [0.15, 0.2) is 35.5 Å². The van der Waals surface area contributed by atoms with E-state index in [0.29, 0.717) is 23.8 Å². The van der Waals surface area contributed by atoms with Crippen molar-refractivity contribution in [3.05, 3.63) is 57.5 Å². The number of fused-ring (bicyclic) bond motifs is 1. The van der Waals surface area contributed by atoms with Crippen LogP contribution in [0.25, 0.3) is 11.4 Å². The van der Waals surface area contributed by atoms with Crippen LogP contribution < -0.4 is 26.1 Å². The van der Waals surface area contributed by atoms with Crippen LogP contribution in [0.3, 0.4) is 0 Å². The predicted molar refractivity (Wildman–Crippen MR) is 109 cm³/mol. The quantitative estimate of drug-likeness (QED) is 0.591. The van der Waals surface area contributed by atoms with E-state index in [1.807, 2.05) is 0 Å². The molecule has 154 valence electrons. The number of carbonyl (C=O) groups is 1. The summed E-state index contributed by atoms with van der Waals surface area (Å²) >= 11 is 6.14. The van der Waals surface area contributed by atoms with E-state index in [1.165, 1.54) is 23.0 Å². The summed E-state index contributed by atoms with van der Waals surface area (Å²) in [5, 5.41) is 2.91. The van der Waals surface area contributed by atoms with E-state index in [0.717, 1.165) is 0 Å². The minimum absolute atomic E-state index is 0.0128. The molecule has 10 nitrogen and oxygen atoms in total. The topological polar surface area (TPSA) is 134 Å². The minimum atomic E-state index is -0.472. The lowest BCUT2D eigenvalue weighted by Crippen LogP contribution is -2.30. The number of carbonyl (C=O) groups excluding carboxylic acids is 1. The lowest BCUT2D eigenvalue weighted by molar-refractivity contribution is 0.0938.